The minimum atomic E-state index is -0.911. The number of ether oxygens (including phenoxy) is 1. The molecule has 9 heteroatoms. The highest BCUT2D eigenvalue weighted by Crippen LogP contribution is 2.33. The molecule has 4 aromatic rings. The Labute approximate surface area is 234 Å². The van der Waals surface area contributed by atoms with E-state index in [-0.39, 0.29) is 11.9 Å². The summed E-state index contributed by atoms with van der Waals surface area (Å²) < 4.78 is 9.53. The standard InChI is InChI=1S/C31H39N5O4/c1-19(32-29(38)40-30(2,3)4)17-35-13-12-20-14-25-23(16-22(20)28(35)37)33-27(34(25)7)26-15-21-10-8-9-11-24(21)36(26)18-31(5,6)39/h8-11,14-16,19,39H,12-13,17-18H2,1-7H3,(H,32,38)/t19-/m1/s1. The maximum absolute atomic E-state index is 13.5. The summed E-state index contributed by atoms with van der Waals surface area (Å²) in [4.78, 5) is 32.5. The number of imidazole rings is 1. The summed E-state index contributed by atoms with van der Waals surface area (Å²) >= 11 is 0. The van der Waals surface area contributed by atoms with Crippen molar-refractivity contribution in [1.82, 2.24) is 24.3 Å². The Kier molecular flexibility index (Phi) is 6.90. The second-order valence-corrected chi connectivity index (χ2v) is 12.5. The molecule has 2 aromatic carbocycles. The van der Waals surface area contributed by atoms with Crippen molar-refractivity contribution in [3.05, 3.63) is 53.6 Å². The minimum Gasteiger partial charge on any atom is -0.444 e. The van der Waals surface area contributed by atoms with Gasteiger partial charge in [0, 0.05) is 42.6 Å². The highest BCUT2D eigenvalue weighted by Gasteiger charge is 2.29. The summed E-state index contributed by atoms with van der Waals surface area (Å²) in [5.74, 6) is 0.710. The first-order valence-corrected chi connectivity index (χ1v) is 13.8. The van der Waals surface area contributed by atoms with Gasteiger partial charge in [-0.05, 0) is 77.8 Å². The first-order valence-electron chi connectivity index (χ1n) is 13.8. The molecule has 40 heavy (non-hydrogen) atoms. The van der Waals surface area contributed by atoms with Gasteiger partial charge in [0.25, 0.3) is 5.91 Å². The highest BCUT2D eigenvalue weighted by atomic mass is 16.6. The van der Waals surface area contributed by atoms with Crippen LogP contribution in [-0.2, 0) is 24.8 Å². The van der Waals surface area contributed by atoms with E-state index >= 15 is 0 Å². The lowest BCUT2D eigenvalue weighted by Gasteiger charge is -2.31. The minimum absolute atomic E-state index is 0.0654. The van der Waals surface area contributed by atoms with Crippen molar-refractivity contribution in [2.24, 2.45) is 7.05 Å². The van der Waals surface area contributed by atoms with E-state index in [0.29, 0.717) is 25.2 Å². The molecular formula is C31H39N5O4. The summed E-state index contributed by atoms with van der Waals surface area (Å²) in [7, 11) is 1.99. The van der Waals surface area contributed by atoms with Crippen LogP contribution in [0.4, 0.5) is 4.79 Å². The lowest BCUT2D eigenvalue weighted by atomic mass is 9.97. The summed E-state index contributed by atoms with van der Waals surface area (Å²) in [6, 6.07) is 13.9. The Morgan fingerprint density at radius 3 is 2.55 bits per heavy atom. The third-order valence-corrected chi connectivity index (χ3v) is 7.12. The van der Waals surface area contributed by atoms with Crippen LogP contribution in [0.15, 0.2) is 42.5 Å². The van der Waals surface area contributed by atoms with Crippen molar-refractivity contribution in [2.45, 2.75) is 71.8 Å². The van der Waals surface area contributed by atoms with Crippen molar-refractivity contribution >= 4 is 33.9 Å². The van der Waals surface area contributed by atoms with Crippen LogP contribution < -0.4 is 5.32 Å². The Morgan fingerprint density at radius 2 is 1.85 bits per heavy atom. The summed E-state index contributed by atoms with van der Waals surface area (Å²) in [6.07, 6.45) is 0.227. The monoisotopic (exact) mass is 545 g/mol. The number of amides is 2. The predicted molar refractivity (Wildman–Crippen MR) is 156 cm³/mol. The Morgan fingerprint density at radius 1 is 1.12 bits per heavy atom. The molecule has 0 aliphatic carbocycles. The molecule has 0 saturated heterocycles. The number of carbonyl (C=O) groups excluding carboxylic acids is 2. The number of nitrogens with one attached hydrogen (secondary N) is 1. The first kappa shape index (κ1) is 27.7. The quantitative estimate of drug-likeness (QED) is 0.360. The van der Waals surface area contributed by atoms with Crippen molar-refractivity contribution in [3.8, 4) is 11.5 Å². The molecule has 0 radical (unpaired) electrons. The Bertz CT molecular complexity index is 1600. The Balaban J connectivity index is 1.45. The van der Waals surface area contributed by atoms with Gasteiger partial charge in [-0.2, -0.15) is 0 Å². The van der Waals surface area contributed by atoms with Gasteiger partial charge in [-0.3, -0.25) is 4.79 Å². The van der Waals surface area contributed by atoms with Crippen LogP contribution in [-0.4, -0.2) is 66.5 Å². The number of aliphatic hydroxyl groups is 1. The molecule has 212 valence electrons. The van der Waals surface area contributed by atoms with Gasteiger partial charge in [0.2, 0.25) is 0 Å². The predicted octanol–water partition coefficient (Wildman–Crippen LogP) is 4.88. The number of nitrogens with zero attached hydrogens (tertiary/aromatic N) is 4. The van der Waals surface area contributed by atoms with E-state index < -0.39 is 17.3 Å². The number of rotatable bonds is 6. The molecule has 0 saturated carbocycles. The van der Waals surface area contributed by atoms with Crippen LogP contribution in [0.25, 0.3) is 33.5 Å². The van der Waals surface area contributed by atoms with Gasteiger partial charge in [-0.1, -0.05) is 18.2 Å². The average molecular weight is 546 g/mol. The molecule has 2 aromatic heterocycles. The fourth-order valence-electron chi connectivity index (χ4n) is 5.46. The van der Waals surface area contributed by atoms with E-state index in [4.69, 9.17) is 9.72 Å². The first-order chi connectivity index (χ1) is 18.7. The molecule has 1 aliphatic heterocycles. The molecule has 5 rings (SSSR count). The van der Waals surface area contributed by atoms with Crippen molar-refractivity contribution in [3.63, 3.8) is 0 Å². The Hall–Kier alpha value is -3.85. The van der Waals surface area contributed by atoms with Crippen molar-refractivity contribution in [2.75, 3.05) is 13.1 Å². The van der Waals surface area contributed by atoms with Crippen LogP contribution in [0.3, 0.4) is 0 Å². The second-order valence-electron chi connectivity index (χ2n) is 12.5. The van der Waals surface area contributed by atoms with Gasteiger partial charge in [-0.15, -0.1) is 0 Å². The van der Waals surface area contributed by atoms with Crippen molar-refractivity contribution in [1.29, 1.82) is 0 Å². The molecule has 2 N–H and O–H groups in total. The molecule has 9 nitrogen and oxygen atoms in total. The largest absolute Gasteiger partial charge is 0.444 e. The summed E-state index contributed by atoms with van der Waals surface area (Å²) in [5, 5.41) is 14.6. The number of benzene rings is 2. The zero-order valence-electron chi connectivity index (χ0n) is 24.4. The molecule has 2 amide bonds. The van der Waals surface area contributed by atoms with Gasteiger partial charge >= 0.3 is 6.09 Å². The summed E-state index contributed by atoms with van der Waals surface area (Å²) in [5.41, 5.74) is 3.78. The van der Waals surface area contributed by atoms with Crippen LogP contribution in [0.1, 0.15) is 57.5 Å². The van der Waals surface area contributed by atoms with E-state index in [9.17, 15) is 14.7 Å². The normalized spacial score (nSPS) is 15.0. The number of hydrogen-bond donors (Lipinski definition) is 2. The molecule has 1 atom stereocenters. The SMILES string of the molecule is C[C@H](CN1CCc2cc3c(cc2C1=O)nc(-c1cc2ccccc2n1CC(C)(C)O)n3C)NC(=O)OC(C)(C)C. The number of carbonyl (C=O) groups is 2. The summed E-state index contributed by atoms with van der Waals surface area (Å²) in [6.45, 7) is 12.3. The lowest BCUT2D eigenvalue weighted by Crippen LogP contribution is -2.47. The van der Waals surface area contributed by atoms with Gasteiger partial charge < -0.3 is 29.2 Å². The van der Waals surface area contributed by atoms with Crippen molar-refractivity contribution < 1.29 is 19.4 Å². The number of alkyl carbamates (subject to hydrolysis) is 1. The highest BCUT2D eigenvalue weighted by molar-refractivity contribution is 6.00. The van der Waals surface area contributed by atoms with Crippen LogP contribution in [0.5, 0.6) is 0 Å². The third-order valence-electron chi connectivity index (χ3n) is 7.12. The molecule has 3 heterocycles. The topological polar surface area (TPSA) is 102 Å². The van der Waals surface area contributed by atoms with Crippen LogP contribution in [0, 0.1) is 0 Å². The van der Waals surface area contributed by atoms with Gasteiger partial charge in [0.05, 0.1) is 28.9 Å². The van der Waals surface area contributed by atoms with E-state index in [1.165, 1.54) is 0 Å². The maximum Gasteiger partial charge on any atom is 0.407 e. The molecule has 1 aliphatic rings. The smallest absolute Gasteiger partial charge is 0.407 e. The molecule has 0 unspecified atom stereocenters. The molecular weight excluding hydrogens is 506 g/mol. The number of hydrogen-bond acceptors (Lipinski definition) is 5. The maximum atomic E-state index is 13.5. The second kappa shape index (κ2) is 9.96. The number of para-hydroxylation sites is 1. The van der Waals surface area contributed by atoms with E-state index in [1.807, 2.05) is 52.9 Å². The molecule has 0 spiro atoms. The molecule has 0 fully saturated rings. The fourth-order valence-corrected chi connectivity index (χ4v) is 5.46. The van der Waals surface area contributed by atoms with Crippen LogP contribution >= 0.6 is 0 Å². The number of aryl methyl sites for hydroxylation is 1. The van der Waals surface area contributed by atoms with Gasteiger partial charge in [0.15, 0.2) is 5.82 Å². The van der Waals surface area contributed by atoms with Gasteiger partial charge in [-0.25, -0.2) is 9.78 Å². The third kappa shape index (κ3) is 5.56. The fraction of sp³-hybridized carbons (Fsp3) is 0.452. The molecule has 0 bridgehead atoms. The lowest BCUT2D eigenvalue weighted by molar-refractivity contribution is 0.0483. The number of aromatic nitrogens is 3. The zero-order chi connectivity index (χ0) is 29.0. The van der Waals surface area contributed by atoms with Crippen LogP contribution in [0.2, 0.25) is 0 Å². The van der Waals surface area contributed by atoms with E-state index in [2.05, 4.69) is 38.7 Å². The number of fused-ring (bicyclic) bond motifs is 3. The average Bonchev–Trinajstić information content (AvgIpc) is 3.34. The van der Waals surface area contributed by atoms with Gasteiger partial charge in [0.1, 0.15) is 5.60 Å². The zero-order valence-corrected chi connectivity index (χ0v) is 24.4. The van der Waals surface area contributed by atoms with E-state index in [1.54, 1.807) is 18.7 Å². The van der Waals surface area contributed by atoms with E-state index in [0.717, 1.165) is 45.4 Å².